The maximum atomic E-state index is 14.8. The van der Waals surface area contributed by atoms with E-state index in [9.17, 15) is 8.78 Å². The molecule has 0 atom stereocenters. The van der Waals surface area contributed by atoms with E-state index in [1.54, 1.807) is 55.4 Å². The van der Waals surface area contributed by atoms with Gasteiger partial charge >= 0.3 is 5.40 Å². The lowest BCUT2D eigenvalue weighted by molar-refractivity contribution is 0.0660. The van der Waals surface area contributed by atoms with Crippen LogP contribution >= 0.6 is 16.8 Å². The summed E-state index contributed by atoms with van der Waals surface area (Å²) in [4.78, 5) is 0. The summed E-state index contributed by atoms with van der Waals surface area (Å²) >= 11 is 0. The Balaban J connectivity index is 5.22. The Morgan fingerprint density at radius 1 is 0.571 bits per heavy atom. The minimum absolute atomic E-state index is 0.365. The van der Waals surface area contributed by atoms with Crippen molar-refractivity contribution in [2.75, 3.05) is 0 Å². The highest BCUT2D eigenvalue weighted by atomic mass is 31.2. The number of hydrogen-bond donors (Lipinski definition) is 0. The third kappa shape index (κ3) is 8.68. The summed E-state index contributed by atoms with van der Waals surface area (Å²) in [6.45, 7) is 13.6. The molecular formula is C13H28F2O4P2. The highest BCUT2D eigenvalue weighted by Crippen LogP contribution is 2.72. The monoisotopic (exact) mass is 348 g/mol. The van der Waals surface area contributed by atoms with Crippen molar-refractivity contribution >= 4 is 16.8 Å². The van der Waals surface area contributed by atoms with E-state index < -0.39 is 22.2 Å². The molecule has 0 aromatic heterocycles. The Kier molecular flexibility index (Phi) is 9.90. The van der Waals surface area contributed by atoms with Gasteiger partial charge < -0.3 is 18.1 Å². The maximum Gasteiger partial charge on any atom is 0.380 e. The Morgan fingerprint density at radius 2 is 0.762 bits per heavy atom. The topological polar surface area (TPSA) is 36.9 Å². The van der Waals surface area contributed by atoms with Gasteiger partial charge in [0, 0.05) is 0 Å². The molecule has 0 rings (SSSR count). The van der Waals surface area contributed by atoms with E-state index >= 15 is 0 Å². The lowest BCUT2D eigenvalue weighted by Gasteiger charge is -2.34. The second-order valence-electron chi connectivity index (χ2n) is 5.64. The Hall–Kier alpha value is 0.560. The van der Waals surface area contributed by atoms with Crippen LogP contribution in [0.25, 0.3) is 0 Å². The van der Waals surface area contributed by atoms with Crippen LogP contribution in [-0.2, 0) is 18.1 Å². The largest absolute Gasteiger partial charge is 0.380 e. The van der Waals surface area contributed by atoms with E-state index in [2.05, 4.69) is 0 Å². The first kappa shape index (κ1) is 21.6. The lowest BCUT2D eigenvalue weighted by atomic mass is 10.5. The van der Waals surface area contributed by atoms with E-state index in [-0.39, 0.29) is 24.4 Å². The average molecular weight is 348 g/mol. The van der Waals surface area contributed by atoms with E-state index in [4.69, 9.17) is 18.1 Å². The van der Waals surface area contributed by atoms with Gasteiger partial charge in [-0.3, -0.25) is 0 Å². The van der Waals surface area contributed by atoms with Gasteiger partial charge in [-0.15, -0.1) is 0 Å². The van der Waals surface area contributed by atoms with Gasteiger partial charge in [-0.1, -0.05) is 0 Å². The quantitative estimate of drug-likeness (QED) is 0.463. The smallest absolute Gasteiger partial charge is 0.327 e. The molecule has 0 saturated carbocycles. The third-order valence-corrected chi connectivity index (χ3v) is 5.98. The molecule has 0 saturated heterocycles. The molecule has 0 radical (unpaired) electrons. The zero-order valence-corrected chi connectivity index (χ0v) is 15.9. The summed E-state index contributed by atoms with van der Waals surface area (Å²) in [6, 6.07) is 0. The fraction of sp³-hybridized carbons (Fsp3) is 1.00. The number of hydrogen-bond acceptors (Lipinski definition) is 4. The first-order valence-electron chi connectivity index (χ1n) is 7.12. The normalized spacial score (nSPS) is 13.7. The minimum atomic E-state index is -3.30. The van der Waals surface area contributed by atoms with E-state index in [0.29, 0.717) is 0 Å². The fourth-order valence-electron chi connectivity index (χ4n) is 1.14. The fourth-order valence-corrected chi connectivity index (χ4v) is 4.37. The van der Waals surface area contributed by atoms with Crippen molar-refractivity contribution < 1.29 is 26.9 Å². The van der Waals surface area contributed by atoms with Crippen molar-refractivity contribution in [3.63, 3.8) is 0 Å². The van der Waals surface area contributed by atoms with Crippen molar-refractivity contribution in [2.45, 2.75) is 85.2 Å². The van der Waals surface area contributed by atoms with Gasteiger partial charge in [-0.25, -0.2) is 0 Å². The zero-order chi connectivity index (χ0) is 16.8. The molecule has 0 fully saturated rings. The zero-order valence-electron chi connectivity index (χ0n) is 14.1. The molecule has 4 nitrogen and oxygen atoms in total. The van der Waals surface area contributed by atoms with Gasteiger partial charge in [-0.2, -0.15) is 8.78 Å². The molecule has 21 heavy (non-hydrogen) atoms. The SMILES string of the molecule is CC(C)OP(OC(C)C)C(F)(F)P(OC(C)C)OC(C)C. The van der Waals surface area contributed by atoms with Crippen LogP contribution in [0.1, 0.15) is 55.4 Å². The molecule has 0 aliphatic rings. The van der Waals surface area contributed by atoms with Crippen molar-refractivity contribution in [3.8, 4) is 0 Å². The molecule has 0 spiro atoms. The molecular weight excluding hydrogens is 320 g/mol. The summed E-state index contributed by atoms with van der Waals surface area (Å²) in [5.41, 5.74) is 0. The first-order chi connectivity index (χ1) is 9.46. The van der Waals surface area contributed by atoms with Gasteiger partial charge in [0.2, 0.25) is 0 Å². The highest BCUT2D eigenvalue weighted by molar-refractivity contribution is 7.67. The maximum absolute atomic E-state index is 14.8. The van der Waals surface area contributed by atoms with Crippen molar-refractivity contribution in [1.29, 1.82) is 0 Å². The Labute approximate surface area is 129 Å². The van der Waals surface area contributed by atoms with Crippen LogP contribution in [0.5, 0.6) is 0 Å². The number of alkyl halides is 2. The van der Waals surface area contributed by atoms with Gasteiger partial charge in [0.25, 0.3) is 16.8 Å². The Bertz CT molecular complexity index is 243. The molecule has 0 aliphatic carbocycles. The third-order valence-electron chi connectivity index (χ3n) is 1.67. The highest BCUT2D eigenvalue weighted by Gasteiger charge is 2.55. The van der Waals surface area contributed by atoms with Crippen LogP contribution in [0.15, 0.2) is 0 Å². The minimum Gasteiger partial charge on any atom is -0.327 e. The van der Waals surface area contributed by atoms with Crippen LogP contribution in [0, 0.1) is 0 Å². The molecule has 0 aromatic rings. The molecule has 0 amide bonds. The second-order valence-corrected chi connectivity index (χ2v) is 8.99. The van der Waals surface area contributed by atoms with E-state index in [0.717, 1.165) is 0 Å². The standard InChI is InChI=1S/C13H28F2O4P2/c1-9(2)16-20(17-10(3)4)13(14,15)21(18-11(5)6)19-12(7)8/h9-12H,1-8H3. The molecule has 0 aliphatic heterocycles. The Morgan fingerprint density at radius 3 is 0.905 bits per heavy atom. The van der Waals surface area contributed by atoms with Crippen LogP contribution < -0.4 is 0 Å². The van der Waals surface area contributed by atoms with Crippen LogP contribution in [0.3, 0.4) is 0 Å². The van der Waals surface area contributed by atoms with Crippen LogP contribution in [-0.4, -0.2) is 29.8 Å². The van der Waals surface area contributed by atoms with Crippen LogP contribution in [0.4, 0.5) is 8.78 Å². The van der Waals surface area contributed by atoms with E-state index in [1.165, 1.54) is 0 Å². The van der Waals surface area contributed by atoms with Gasteiger partial charge in [0.05, 0.1) is 24.4 Å². The van der Waals surface area contributed by atoms with Gasteiger partial charge in [-0.05, 0) is 55.4 Å². The summed E-state index contributed by atoms with van der Waals surface area (Å²) in [6.07, 6.45) is -1.46. The first-order valence-corrected chi connectivity index (χ1v) is 9.47. The predicted octanol–water partition coefficient (Wildman–Crippen LogP) is 5.86. The van der Waals surface area contributed by atoms with Crippen molar-refractivity contribution in [1.82, 2.24) is 0 Å². The summed E-state index contributed by atoms with van der Waals surface area (Å²) in [5, 5.41) is -3.30. The summed E-state index contributed by atoms with van der Waals surface area (Å²) in [5.74, 6) is 0. The molecule has 8 heteroatoms. The van der Waals surface area contributed by atoms with Crippen molar-refractivity contribution in [3.05, 3.63) is 0 Å². The lowest BCUT2D eigenvalue weighted by Crippen LogP contribution is -2.23. The van der Waals surface area contributed by atoms with Crippen LogP contribution in [0.2, 0.25) is 0 Å². The number of halogens is 2. The molecule has 0 heterocycles. The average Bonchev–Trinajstić information content (AvgIpc) is 2.24. The predicted molar refractivity (Wildman–Crippen MR) is 83.7 cm³/mol. The summed E-state index contributed by atoms with van der Waals surface area (Å²) in [7, 11) is -4.88. The van der Waals surface area contributed by atoms with Gasteiger partial charge in [0.1, 0.15) is 0 Å². The van der Waals surface area contributed by atoms with Gasteiger partial charge in [0.15, 0.2) is 0 Å². The molecule has 0 unspecified atom stereocenters. The van der Waals surface area contributed by atoms with E-state index in [1.807, 2.05) is 0 Å². The number of rotatable bonds is 10. The summed E-state index contributed by atoms with van der Waals surface area (Å²) < 4.78 is 50.8. The molecule has 128 valence electrons. The molecule has 0 N–H and O–H groups in total. The second kappa shape index (κ2) is 9.64. The van der Waals surface area contributed by atoms with Crippen molar-refractivity contribution in [2.24, 2.45) is 0 Å². The molecule has 0 aromatic carbocycles. The molecule has 0 bridgehead atoms.